The van der Waals surface area contributed by atoms with Crippen LogP contribution in [0.15, 0.2) is 71.5 Å². The molecule has 0 aliphatic heterocycles. The normalized spacial score (nSPS) is 15.6. The zero-order valence-electron chi connectivity index (χ0n) is 20.5. The Kier molecular flexibility index (Phi) is 7.77. The molecule has 37 heavy (non-hydrogen) atoms. The quantitative estimate of drug-likeness (QED) is 0.261. The van der Waals surface area contributed by atoms with Crippen molar-refractivity contribution in [1.82, 2.24) is 15.3 Å². The van der Waals surface area contributed by atoms with Crippen molar-refractivity contribution in [2.24, 2.45) is 0 Å². The van der Waals surface area contributed by atoms with Gasteiger partial charge < -0.3 is 15.1 Å². The highest BCUT2D eigenvalue weighted by atomic mass is 35.5. The van der Waals surface area contributed by atoms with E-state index >= 15 is 0 Å². The summed E-state index contributed by atoms with van der Waals surface area (Å²) in [5.74, 6) is 1.30. The molecule has 1 amide bonds. The van der Waals surface area contributed by atoms with Crippen LogP contribution in [-0.4, -0.2) is 21.9 Å². The van der Waals surface area contributed by atoms with Crippen LogP contribution in [0.4, 0.5) is 5.82 Å². The molecule has 6 nitrogen and oxygen atoms in total. The maximum atomic E-state index is 12.7. The zero-order valence-corrected chi connectivity index (χ0v) is 22.0. The maximum absolute atomic E-state index is 12.7. The van der Waals surface area contributed by atoms with Gasteiger partial charge in [-0.25, -0.2) is 0 Å². The number of nitrogens with one attached hydrogen (secondary N) is 2. The fourth-order valence-corrected chi connectivity index (χ4v) is 5.63. The second kappa shape index (κ2) is 11.4. The highest BCUT2D eigenvalue weighted by molar-refractivity contribution is 6.39. The van der Waals surface area contributed by atoms with Gasteiger partial charge in [0.1, 0.15) is 6.26 Å². The maximum Gasteiger partial charge on any atom is 0.254 e. The van der Waals surface area contributed by atoms with E-state index in [9.17, 15) is 4.79 Å². The van der Waals surface area contributed by atoms with Gasteiger partial charge in [0.25, 0.3) is 5.91 Å². The lowest BCUT2D eigenvalue weighted by Crippen LogP contribution is -2.33. The molecule has 0 saturated carbocycles. The van der Waals surface area contributed by atoms with Gasteiger partial charge in [0.15, 0.2) is 11.7 Å². The standard InChI is InChI=1S/C29H28Cl2N4O2/c1-18-34-26(17-37-18)35-25(22-10-3-8-21-9-5-13-32-28(21)22)15-19-6-2-7-20(14-19)16-33-29(36)27-23(30)11-4-12-24(27)31/h2,4-7,9,11-14,17,22,25,35H,3,8,10,15-16H2,1H3,(H,33,36). The number of amides is 1. The number of carbonyl (C=O) groups is 1. The Balaban J connectivity index is 1.35. The molecule has 5 rings (SSSR count). The first-order valence-electron chi connectivity index (χ1n) is 12.4. The zero-order chi connectivity index (χ0) is 25.8. The number of hydrogen-bond acceptors (Lipinski definition) is 5. The minimum atomic E-state index is -0.299. The van der Waals surface area contributed by atoms with Crippen molar-refractivity contribution in [3.05, 3.63) is 111 Å². The number of benzene rings is 2. The predicted octanol–water partition coefficient (Wildman–Crippen LogP) is 6.76. The van der Waals surface area contributed by atoms with Crippen LogP contribution in [0.25, 0.3) is 0 Å². The van der Waals surface area contributed by atoms with Gasteiger partial charge in [-0.05, 0) is 60.6 Å². The number of aromatic nitrogens is 2. The molecule has 0 fully saturated rings. The van der Waals surface area contributed by atoms with E-state index in [4.69, 9.17) is 32.6 Å². The molecule has 2 aromatic heterocycles. The van der Waals surface area contributed by atoms with Gasteiger partial charge in [-0.3, -0.25) is 9.78 Å². The monoisotopic (exact) mass is 534 g/mol. The Morgan fingerprint density at radius 3 is 2.68 bits per heavy atom. The molecule has 4 aromatic rings. The van der Waals surface area contributed by atoms with E-state index in [1.165, 1.54) is 5.56 Å². The van der Waals surface area contributed by atoms with Gasteiger partial charge in [0, 0.05) is 37.3 Å². The summed E-state index contributed by atoms with van der Waals surface area (Å²) in [6.45, 7) is 2.20. The molecule has 2 atom stereocenters. The predicted molar refractivity (Wildman–Crippen MR) is 146 cm³/mol. The summed E-state index contributed by atoms with van der Waals surface area (Å²) in [4.78, 5) is 22.0. The van der Waals surface area contributed by atoms with Gasteiger partial charge in [-0.15, -0.1) is 0 Å². The minimum Gasteiger partial charge on any atom is -0.447 e. The van der Waals surface area contributed by atoms with E-state index in [1.807, 2.05) is 31.3 Å². The van der Waals surface area contributed by atoms with E-state index in [1.54, 1.807) is 24.5 Å². The fourth-order valence-electron chi connectivity index (χ4n) is 5.06. The Labute approximate surface area is 226 Å². The largest absolute Gasteiger partial charge is 0.447 e. The van der Waals surface area contributed by atoms with Crippen molar-refractivity contribution in [1.29, 1.82) is 0 Å². The SMILES string of the molecule is Cc1nc(NC(Cc2cccc(CNC(=O)c3c(Cl)cccc3Cl)c2)C2CCCc3cccnc32)co1. The van der Waals surface area contributed by atoms with Crippen molar-refractivity contribution < 1.29 is 9.21 Å². The molecule has 2 N–H and O–H groups in total. The lowest BCUT2D eigenvalue weighted by atomic mass is 9.80. The van der Waals surface area contributed by atoms with Crippen LogP contribution in [0.2, 0.25) is 10.0 Å². The van der Waals surface area contributed by atoms with E-state index in [0.717, 1.165) is 48.3 Å². The molecule has 0 radical (unpaired) electrons. The highest BCUT2D eigenvalue weighted by Crippen LogP contribution is 2.35. The van der Waals surface area contributed by atoms with Gasteiger partial charge >= 0.3 is 0 Å². The molecule has 1 aliphatic carbocycles. The van der Waals surface area contributed by atoms with Crippen LogP contribution in [0, 0.1) is 6.92 Å². The van der Waals surface area contributed by atoms with Crippen molar-refractivity contribution in [2.45, 2.75) is 51.1 Å². The van der Waals surface area contributed by atoms with Gasteiger partial charge in [0.05, 0.1) is 15.6 Å². The summed E-state index contributed by atoms with van der Waals surface area (Å²) in [5.41, 5.74) is 4.91. The number of halogens is 2. The third-order valence-electron chi connectivity index (χ3n) is 6.77. The van der Waals surface area contributed by atoms with Gasteiger partial charge in [-0.1, -0.05) is 59.6 Å². The lowest BCUT2D eigenvalue weighted by Gasteiger charge is -2.32. The molecule has 1 aliphatic rings. The van der Waals surface area contributed by atoms with Crippen LogP contribution >= 0.6 is 23.2 Å². The Bertz CT molecular complexity index is 1380. The number of carbonyl (C=O) groups excluding carboxylic acids is 1. The molecule has 0 spiro atoms. The van der Waals surface area contributed by atoms with Crippen LogP contribution in [0.3, 0.4) is 0 Å². The molecule has 0 bridgehead atoms. The summed E-state index contributed by atoms with van der Waals surface area (Å²) in [5, 5.41) is 7.22. The number of aryl methyl sites for hydroxylation is 2. The number of hydrogen-bond donors (Lipinski definition) is 2. The molecule has 2 unspecified atom stereocenters. The summed E-state index contributed by atoms with van der Waals surface area (Å²) in [6.07, 6.45) is 7.53. The minimum absolute atomic E-state index is 0.0743. The van der Waals surface area contributed by atoms with Crippen molar-refractivity contribution in [3.8, 4) is 0 Å². The average Bonchev–Trinajstić information content (AvgIpc) is 3.31. The topological polar surface area (TPSA) is 80.0 Å². The molecule has 8 heteroatoms. The van der Waals surface area contributed by atoms with Crippen LogP contribution < -0.4 is 10.6 Å². The van der Waals surface area contributed by atoms with Crippen molar-refractivity contribution in [3.63, 3.8) is 0 Å². The molecular weight excluding hydrogens is 507 g/mol. The number of anilines is 1. The summed E-state index contributed by atoms with van der Waals surface area (Å²) in [6, 6.07) is 17.6. The highest BCUT2D eigenvalue weighted by Gasteiger charge is 2.30. The lowest BCUT2D eigenvalue weighted by molar-refractivity contribution is 0.0951. The van der Waals surface area contributed by atoms with Crippen molar-refractivity contribution >= 4 is 34.9 Å². The first-order chi connectivity index (χ1) is 18.0. The first kappa shape index (κ1) is 25.3. The molecule has 190 valence electrons. The van der Waals surface area contributed by atoms with Crippen LogP contribution in [-0.2, 0) is 19.4 Å². The van der Waals surface area contributed by atoms with E-state index in [-0.39, 0.29) is 23.4 Å². The summed E-state index contributed by atoms with van der Waals surface area (Å²) < 4.78 is 5.45. The smallest absolute Gasteiger partial charge is 0.254 e. The Hall–Kier alpha value is -3.35. The third-order valence-corrected chi connectivity index (χ3v) is 7.40. The number of rotatable bonds is 8. The van der Waals surface area contributed by atoms with Gasteiger partial charge in [0.2, 0.25) is 0 Å². The molecule has 2 heterocycles. The van der Waals surface area contributed by atoms with Crippen molar-refractivity contribution in [2.75, 3.05) is 5.32 Å². The molecule has 2 aromatic carbocycles. The number of pyridine rings is 1. The van der Waals surface area contributed by atoms with Crippen LogP contribution in [0.1, 0.15) is 57.4 Å². The average molecular weight is 535 g/mol. The van der Waals surface area contributed by atoms with Crippen LogP contribution in [0.5, 0.6) is 0 Å². The summed E-state index contributed by atoms with van der Waals surface area (Å²) >= 11 is 12.4. The summed E-state index contributed by atoms with van der Waals surface area (Å²) in [7, 11) is 0. The van der Waals surface area contributed by atoms with E-state index < -0.39 is 0 Å². The Morgan fingerprint density at radius 1 is 1.11 bits per heavy atom. The van der Waals surface area contributed by atoms with E-state index in [2.05, 4.69) is 33.8 Å². The number of fused-ring (bicyclic) bond motifs is 1. The first-order valence-corrected chi connectivity index (χ1v) is 13.2. The second-order valence-electron chi connectivity index (χ2n) is 9.35. The Morgan fingerprint density at radius 2 is 1.89 bits per heavy atom. The number of oxazole rings is 1. The van der Waals surface area contributed by atoms with E-state index in [0.29, 0.717) is 22.5 Å². The molecule has 0 saturated heterocycles. The molecular formula is C29H28Cl2N4O2. The second-order valence-corrected chi connectivity index (χ2v) is 10.2. The number of nitrogens with zero attached hydrogens (tertiary/aromatic N) is 2. The third kappa shape index (κ3) is 5.97. The fraction of sp³-hybridized carbons (Fsp3) is 0.276. The van der Waals surface area contributed by atoms with Gasteiger partial charge in [-0.2, -0.15) is 4.98 Å².